The molecule has 0 aromatic heterocycles. The Bertz CT molecular complexity index is 4070. The fourth-order valence-corrected chi connectivity index (χ4v) is 15.5. The maximum Gasteiger partial charge on any atom is 0.409 e. The van der Waals surface area contributed by atoms with Crippen LogP contribution in [0.15, 0.2) is 25.0 Å². The molecule has 0 aliphatic carbocycles. The Morgan fingerprint density at radius 2 is 0.696 bits per heavy atom. The molecule has 125 heavy (non-hydrogen) atoms. The van der Waals surface area contributed by atoms with Crippen molar-refractivity contribution in [2.24, 2.45) is 100 Å². The number of ether oxygens (including phenoxy) is 1. The molecule has 10 aliphatic heterocycles. The van der Waals surface area contributed by atoms with E-state index in [2.05, 4.69) is 40.5 Å². The number of nitrogens with one attached hydrogen (secondary N) is 2. The number of nitrogens with zero attached hydrogens (tertiary/aromatic N) is 19. The standard InChI is InChI=1S/C22H36N10O5.C20H33N7O6.C16H26N6O6.C16H26N6O5/c23-19(24)25-4-1-3-15-16(18(34)35)32(17(15)33)22(37)31-13-11-30(12-14-31)21(36)29-9-7-28(8-10-29)20-26-5-2-6-27-20;1-11(2)12(3)24-15(28)17(30)25-7-9-26(10-8-25)20(33)27-14(18(31)32)13(16(27)29)5-4-6-23-19(21)22;1-2-28-16(27)21-8-6-20(7-9-21)15(26)22-11(13(24)25)10(12(22)23)4-3-5-19-14(17)18;1-2-11(23)20-6-8-21(9-7-20)16(27)22-12(14(25)26)10(13(22)24)4-3-5-19-15(17)18/h15-16H,1-14H2,(H,26,27)(H,34,35)(H4,23,24,25);11-14H,4-10H2,1-3H3,(H,24,28)(H,31,32)(H4,21,22,23);10-11H,2-9H2,1H3,(H,24,25)(H4,17,18,19);10,12H,2-9H2,1H3,(H,25,26)(H4,17,18,19)/t15-,16?;12?,13-,14?;10-,11?;10-,12?/m1111/s1. The van der Waals surface area contributed by atoms with Crippen molar-refractivity contribution in [3.05, 3.63) is 0 Å². The van der Waals surface area contributed by atoms with E-state index in [1.54, 1.807) is 23.6 Å². The van der Waals surface area contributed by atoms with Crippen LogP contribution in [0, 0.1) is 29.6 Å². The number of carboxylic acid groups (broad SMARTS) is 4. The predicted octanol–water partition coefficient (Wildman–Crippen LogP) is -6.38. The van der Waals surface area contributed by atoms with Crippen LogP contribution in [0.2, 0.25) is 0 Å². The Kier molecular flexibility index (Phi) is 36.8. The first-order chi connectivity index (χ1) is 59.3. The van der Waals surface area contributed by atoms with Crippen molar-refractivity contribution >= 4 is 131 Å². The Labute approximate surface area is 720 Å². The van der Waals surface area contributed by atoms with Gasteiger partial charge >= 0.3 is 71.9 Å². The number of aliphatic carboxylic acids is 4. The minimum Gasteiger partial charge on any atom is -0.480 e. The van der Waals surface area contributed by atoms with Crippen LogP contribution < -0.4 is 56.5 Å². The number of β-lactam (4-membered cyclic amide) rings is 4. The smallest absolute Gasteiger partial charge is 0.409 e. The van der Waals surface area contributed by atoms with Crippen LogP contribution in [0.5, 0.6) is 0 Å². The normalized spacial score (nSPS) is 22.5. The van der Waals surface area contributed by atoms with E-state index in [9.17, 15) is 102 Å². The van der Waals surface area contributed by atoms with Crippen molar-refractivity contribution in [2.45, 2.75) is 129 Å². The Morgan fingerprint density at radius 1 is 0.416 bits per heavy atom. The summed E-state index contributed by atoms with van der Waals surface area (Å²) >= 11 is 0. The van der Waals surface area contributed by atoms with Crippen LogP contribution >= 0.6 is 0 Å². The van der Waals surface area contributed by atoms with Crippen LogP contribution in [0.3, 0.4) is 0 Å². The molecule has 51 heteroatoms. The molecular weight excluding hydrogens is 1650 g/mol. The van der Waals surface area contributed by atoms with Crippen molar-refractivity contribution in [1.29, 1.82) is 0 Å². The van der Waals surface area contributed by atoms with Crippen molar-refractivity contribution < 1.29 is 107 Å². The van der Waals surface area contributed by atoms with Crippen molar-refractivity contribution in [1.82, 2.24) is 79.2 Å². The summed E-state index contributed by atoms with van der Waals surface area (Å²) in [6.07, 6.45) is 3.73. The van der Waals surface area contributed by atoms with Gasteiger partial charge < -0.3 is 131 Å². The second-order valence-electron chi connectivity index (χ2n) is 31.2. The molecule has 22 N–H and O–H groups in total. The summed E-state index contributed by atoms with van der Waals surface area (Å²) < 4.78 is 4.91. The Balaban J connectivity index is 0.000000231. The van der Waals surface area contributed by atoms with E-state index in [1.807, 2.05) is 25.7 Å². The lowest BCUT2D eigenvalue weighted by Gasteiger charge is -2.46. The molecule has 10 rings (SSSR count). The number of nitrogens with two attached hydrogens (primary N) is 8. The fourth-order valence-electron chi connectivity index (χ4n) is 15.5. The van der Waals surface area contributed by atoms with Crippen molar-refractivity contribution in [2.75, 3.05) is 177 Å². The van der Waals surface area contributed by atoms with E-state index in [1.165, 1.54) is 29.4 Å². The van der Waals surface area contributed by atoms with Gasteiger partial charge in [-0.05, 0) is 77.6 Å². The second kappa shape index (κ2) is 46.4. The molecule has 0 aromatic rings. The lowest BCUT2D eigenvalue weighted by molar-refractivity contribution is -0.167. The monoisotopic (exact) mass is 1770 g/mol. The van der Waals surface area contributed by atoms with Crippen LogP contribution in [-0.2, 0) is 57.5 Å². The number of carbonyl (C=O) groups is 17. The van der Waals surface area contributed by atoms with Gasteiger partial charge in [0.1, 0.15) is 0 Å². The van der Waals surface area contributed by atoms with Gasteiger partial charge in [0.25, 0.3) is 0 Å². The number of hydrogen-bond acceptors (Lipinski definition) is 25. The average molecular weight is 1770 g/mol. The molecule has 10 aliphatic rings. The third-order valence-corrected chi connectivity index (χ3v) is 22.8. The zero-order valence-electron chi connectivity index (χ0n) is 71.2. The molecule has 0 spiro atoms. The Morgan fingerprint density at radius 3 is 0.960 bits per heavy atom. The number of amides is 18. The first-order valence-corrected chi connectivity index (χ1v) is 41.7. The molecule has 18 amide bonds. The summed E-state index contributed by atoms with van der Waals surface area (Å²) in [4.78, 5) is 247. The topological polar surface area (TPSA) is 720 Å². The molecule has 51 nitrogen and oxygen atoms in total. The molecular formula is C74H121N29O22. The molecule has 0 radical (unpaired) electrons. The van der Waals surface area contributed by atoms with Gasteiger partial charge in [0, 0.05) is 183 Å². The van der Waals surface area contributed by atoms with Gasteiger partial charge in [-0.15, -0.1) is 0 Å². The van der Waals surface area contributed by atoms with Gasteiger partial charge in [-0.1, -0.05) is 20.8 Å². The highest BCUT2D eigenvalue weighted by atomic mass is 16.6. The molecule has 9 atom stereocenters. The molecule has 9 saturated heterocycles. The molecule has 0 bridgehead atoms. The second-order valence-corrected chi connectivity index (χ2v) is 31.2. The van der Waals surface area contributed by atoms with Crippen LogP contribution in [0.1, 0.15) is 98.8 Å². The third-order valence-electron chi connectivity index (χ3n) is 22.8. The summed E-state index contributed by atoms with van der Waals surface area (Å²) in [5.74, 6) is -10.8. The largest absolute Gasteiger partial charge is 0.480 e. The lowest BCUT2D eigenvalue weighted by atomic mass is 9.84. The number of aliphatic imine (C=N–C) groups is 5. The number of carbonyl (C=O) groups excluding carboxylic acids is 13. The van der Waals surface area contributed by atoms with Gasteiger partial charge in [0.2, 0.25) is 29.5 Å². The molecule has 0 aromatic carbocycles. The maximum absolute atomic E-state index is 13.0. The van der Waals surface area contributed by atoms with Gasteiger partial charge in [-0.25, -0.2) is 67.5 Å². The number of guanidine groups is 5. The van der Waals surface area contributed by atoms with Gasteiger partial charge in [0.15, 0.2) is 54.0 Å². The molecule has 694 valence electrons. The molecule has 10 heterocycles. The summed E-state index contributed by atoms with van der Waals surface area (Å²) in [5, 5.41) is 44.0. The molecule has 0 saturated carbocycles. The number of likely N-dealkylation sites (tertiary alicyclic amines) is 4. The van der Waals surface area contributed by atoms with Gasteiger partial charge in [-0.3, -0.25) is 58.5 Å². The van der Waals surface area contributed by atoms with E-state index in [0.29, 0.717) is 91.0 Å². The predicted molar refractivity (Wildman–Crippen MR) is 444 cm³/mol. The highest BCUT2D eigenvalue weighted by Gasteiger charge is 2.59. The van der Waals surface area contributed by atoms with Gasteiger partial charge in [-0.2, -0.15) is 0 Å². The summed E-state index contributed by atoms with van der Waals surface area (Å²) in [6, 6.07) is -7.70. The minimum absolute atomic E-state index is 0.00590. The highest BCUT2D eigenvalue weighted by molar-refractivity contribution is 6.35. The number of rotatable bonds is 24. The summed E-state index contributed by atoms with van der Waals surface area (Å²) in [5.41, 5.74) is 41.9. The Hall–Kier alpha value is -13.1. The zero-order valence-corrected chi connectivity index (χ0v) is 71.2. The summed E-state index contributed by atoms with van der Waals surface area (Å²) in [7, 11) is 0. The van der Waals surface area contributed by atoms with Crippen LogP contribution in [0.4, 0.5) is 28.8 Å². The SMILES string of the molecule is CC(C)C(C)NC(=O)C(=O)N1CCN(C(=O)N2C(=O)[C@H](CCCN=C(N)N)C2C(=O)O)CC1.CCC(=O)N1CCN(C(=O)N2C(=O)[C@H](CCCN=C(N)N)C2C(=O)O)CC1.CCOC(=O)N1CCN(C(=O)N2C(=O)[C@H](CCCN=C(N)N)C2C(=O)O)CC1.NC(N)=NCCC[C@H]1C(=O)N(C(=O)N2CCN(C(=O)N3CCN(C4=NCCCN4)CC3)CC2)C1C(=O)O. The number of imide groups is 4. The molecule has 9 fully saturated rings. The number of carboxylic acids is 4. The van der Waals surface area contributed by atoms with E-state index >= 15 is 0 Å². The first-order valence-electron chi connectivity index (χ1n) is 41.7. The van der Waals surface area contributed by atoms with Crippen LogP contribution in [-0.4, -0.2) is 427 Å². The number of hydrogen-bond donors (Lipinski definition) is 14. The quantitative estimate of drug-likeness (QED) is 0.0141. The molecule has 5 unspecified atom stereocenters. The minimum atomic E-state index is -1.26. The van der Waals surface area contributed by atoms with E-state index in [4.69, 9.17) is 50.6 Å². The fraction of sp³-hybridized carbons (Fsp3) is 0.703. The third kappa shape index (κ3) is 25.8. The first kappa shape index (κ1) is 99.0. The van der Waals surface area contributed by atoms with Crippen molar-refractivity contribution in [3.8, 4) is 0 Å². The lowest BCUT2D eigenvalue weighted by Crippen LogP contribution is -2.69. The van der Waals surface area contributed by atoms with E-state index < -0.39 is 137 Å². The van der Waals surface area contributed by atoms with E-state index in [-0.39, 0.29) is 178 Å². The highest BCUT2D eigenvalue weighted by Crippen LogP contribution is 2.37. The summed E-state index contributed by atoms with van der Waals surface area (Å²) in [6.45, 7) is 18.5. The van der Waals surface area contributed by atoms with Crippen LogP contribution in [0.25, 0.3) is 0 Å². The van der Waals surface area contributed by atoms with Gasteiger partial charge in [0.05, 0.1) is 30.3 Å². The maximum atomic E-state index is 13.0. The van der Waals surface area contributed by atoms with E-state index in [0.717, 1.165) is 45.1 Å². The average Bonchev–Trinajstić information content (AvgIpc) is 0.762. The number of piperazine rings is 5. The number of urea groups is 5. The zero-order chi connectivity index (χ0) is 92.4. The van der Waals surface area contributed by atoms with Crippen molar-refractivity contribution in [3.63, 3.8) is 0 Å².